The molecule has 1 atom stereocenters. The van der Waals surface area contributed by atoms with E-state index < -0.39 is 7.67 Å². The predicted molar refractivity (Wildman–Crippen MR) is 28.6 cm³/mol. The smallest absolute Gasteiger partial charge is 0.260 e. The molecule has 3 N–H and O–H groups in total. The van der Waals surface area contributed by atoms with Gasteiger partial charge >= 0.3 is 0 Å². The van der Waals surface area contributed by atoms with Gasteiger partial charge in [0, 0.05) is 0 Å². The highest BCUT2D eigenvalue weighted by Gasteiger charge is 2.08. The minimum absolute atomic E-state index is 1.08. The molecule has 0 saturated carbocycles. The summed E-state index contributed by atoms with van der Waals surface area (Å²) in [5.74, 6) is 0. The second kappa shape index (κ2) is 1.90. The van der Waals surface area contributed by atoms with E-state index in [9.17, 15) is 4.20 Å². The molecule has 0 aliphatic rings. The molecule has 0 heterocycles. The van der Waals surface area contributed by atoms with Gasteiger partial charge in [-0.2, -0.15) is 4.20 Å². The van der Waals surface area contributed by atoms with Crippen molar-refractivity contribution in [2.75, 3.05) is 14.1 Å². The number of halogens is 1. The zero-order valence-electron chi connectivity index (χ0n) is 4.35. The zero-order chi connectivity index (χ0) is 6.08. The zero-order valence-corrected chi connectivity index (χ0v) is 5.24. The van der Waals surface area contributed by atoms with Crippen LogP contribution in [0.2, 0.25) is 0 Å². The van der Waals surface area contributed by atoms with E-state index in [4.69, 9.17) is 10.7 Å². The Bertz CT molecular complexity index is 95.1. The average Bonchev–Trinajstić information content (AvgIpc) is 1.31. The highest BCUT2D eigenvalue weighted by atomic mass is 31.2. The summed E-state index contributed by atoms with van der Waals surface area (Å²) in [5.41, 5.74) is 4.72. The first-order valence-electron chi connectivity index (χ1n) is 1.75. The third-order valence-corrected chi connectivity index (χ3v) is 1.75. The average molecular weight is 125 g/mol. The van der Waals surface area contributed by atoms with Crippen molar-refractivity contribution >= 4 is 7.67 Å². The van der Waals surface area contributed by atoms with Crippen molar-refractivity contribution < 1.29 is 4.20 Å². The molecule has 0 aromatic heterocycles. The molecule has 0 radical (unpaired) electrons. The Hall–Kier alpha value is 0.0800. The molecular formula is C2H9FN3P. The van der Waals surface area contributed by atoms with Crippen molar-refractivity contribution in [3.05, 3.63) is 0 Å². The van der Waals surface area contributed by atoms with Gasteiger partial charge in [0.2, 0.25) is 0 Å². The molecule has 3 nitrogen and oxygen atoms in total. The van der Waals surface area contributed by atoms with Gasteiger partial charge in [0.1, 0.15) is 0 Å². The second-order valence-corrected chi connectivity index (χ2v) is 3.45. The number of nitrogens with one attached hydrogen (secondary N) is 1. The van der Waals surface area contributed by atoms with Crippen LogP contribution in [0.3, 0.4) is 0 Å². The van der Waals surface area contributed by atoms with Crippen LogP contribution < -0.4 is 5.50 Å². The van der Waals surface area contributed by atoms with Crippen LogP contribution in [0.25, 0.3) is 0 Å². The molecule has 0 bridgehead atoms. The Balaban J connectivity index is 3.80. The van der Waals surface area contributed by atoms with E-state index in [1.807, 2.05) is 0 Å². The standard InChI is InChI=1S/C2H9FN3P/c1-6(2)7(3,4)5/h1-2H3,(H3,4,5). The minimum Gasteiger partial charge on any atom is -0.263 e. The van der Waals surface area contributed by atoms with Crippen molar-refractivity contribution in [3.8, 4) is 0 Å². The molecule has 0 aromatic rings. The minimum atomic E-state index is -3.40. The Morgan fingerprint density at radius 3 is 1.86 bits per heavy atom. The molecule has 7 heavy (non-hydrogen) atoms. The van der Waals surface area contributed by atoms with Crippen molar-refractivity contribution in [1.29, 1.82) is 5.16 Å². The van der Waals surface area contributed by atoms with Gasteiger partial charge < -0.3 is 0 Å². The molecular weight excluding hydrogens is 116 g/mol. The first-order valence-corrected chi connectivity index (χ1v) is 3.45. The molecule has 0 rings (SSSR count). The molecule has 1 unspecified atom stereocenters. The summed E-state index contributed by atoms with van der Waals surface area (Å²) in [6.45, 7) is 0. The van der Waals surface area contributed by atoms with Crippen molar-refractivity contribution in [2.24, 2.45) is 5.50 Å². The fourth-order valence-electron chi connectivity index (χ4n) is 0. The summed E-state index contributed by atoms with van der Waals surface area (Å²) in [6.07, 6.45) is 0. The highest BCUT2D eigenvalue weighted by molar-refractivity contribution is 7.54. The molecule has 0 aromatic carbocycles. The third-order valence-electron chi connectivity index (χ3n) is 0.582. The first kappa shape index (κ1) is 7.08. The number of nitrogens with zero attached hydrogens (tertiary/aromatic N) is 1. The molecule has 0 saturated heterocycles. The third kappa shape index (κ3) is 2.74. The molecule has 0 fully saturated rings. The Kier molecular flexibility index (Phi) is 1.92. The van der Waals surface area contributed by atoms with Gasteiger partial charge in [0.05, 0.1) is 0 Å². The van der Waals surface area contributed by atoms with Crippen LogP contribution in [0.15, 0.2) is 0 Å². The van der Waals surface area contributed by atoms with Gasteiger partial charge in [-0.25, -0.2) is 4.67 Å². The van der Waals surface area contributed by atoms with E-state index in [2.05, 4.69) is 0 Å². The van der Waals surface area contributed by atoms with Crippen LogP contribution >= 0.6 is 7.67 Å². The number of hydrogen-bond acceptors (Lipinski definition) is 1. The van der Waals surface area contributed by atoms with Crippen molar-refractivity contribution in [3.63, 3.8) is 0 Å². The normalized spacial score (nSPS) is 19.6. The number of rotatable bonds is 1. The first-order chi connectivity index (χ1) is 2.94. The fourth-order valence-corrected chi connectivity index (χ4v) is 0. The van der Waals surface area contributed by atoms with Crippen LogP contribution in [-0.4, -0.2) is 18.8 Å². The highest BCUT2D eigenvalue weighted by Crippen LogP contribution is 2.39. The van der Waals surface area contributed by atoms with E-state index in [1.165, 1.54) is 14.1 Å². The van der Waals surface area contributed by atoms with E-state index in [0.29, 0.717) is 0 Å². The van der Waals surface area contributed by atoms with Gasteiger partial charge in [0.25, 0.3) is 7.67 Å². The second-order valence-electron chi connectivity index (χ2n) is 1.45. The van der Waals surface area contributed by atoms with Gasteiger partial charge in [0.15, 0.2) is 0 Å². The maximum atomic E-state index is 12.0. The topological polar surface area (TPSA) is 53.1 Å². The lowest BCUT2D eigenvalue weighted by atomic mass is 11.3. The van der Waals surface area contributed by atoms with Gasteiger partial charge in [-0.3, -0.25) is 10.7 Å². The number of hydrogen-bond donors (Lipinski definition) is 2. The SMILES string of the molecule is CN(C)P(=N)(N)F. The van der Waals surface area contributed by atoms with E-state index >= 15 is 0 Å². The monoisotopic (exact) mass is 125 g/mol. The van der Waals surface area contributed by atoms with Gasteiger partial charge in [-0.1, -0.05) is 0 Å². The Morgan fingerprint density at radius 2 is 1.86 bits per heavy atom. The maximum absolute atomic E-state index is 12.0. The van der Waals surface area contributed by atoms with Crippen LogP contribution in [0.5, 0.6) is 0 Å². The van der Waals surface area contributed by atoms with Crippen molar-refractivity contribution in [2.45, 2.75) is 0 Å². The summed E-state index contributed by atoms with van der Waals surface area (Å²) in [5, 5.41) is 6.53. The molecule has 0 aliphatic heterocycles. The molecule has 44 valence electrons. The largest absolute Gasteiger partial charge is 0.263 e. The van der Waals surface area contributed by atoms with Crippen LogP contribution in [0.4, 0.5) is 4.20 Å². The summed E-state index contributed by atoms with van der Waals surface area (Å²) in [4.78, 5) is 0. The number of nitrogens with two attached hydrogens (primary N) is 1. The van der Waals surface area contributed by atoms with Crippen LogP contribution in [-0.2, 0) is 0 Å². The fraction of sp³-hybridized carbons (Fsp3) is 1.00. The molecule has 0 spiro atoms. The lowest BCUT2D eigenvalue weighted by Gasteiger charge is -2.12. The Labute approximate surface area is 42.4 Å². The van der Waals surface area contributed by atoms with E-state index in [0.717, 1.165) is 4.67 Å². The summed E-state index contributed by atoms with van der Waals surface area (Å²) < 4.78 is 13.1. The van der Waals surface area contributed by atoms with Crippen LogP contribution in [0, 0.1) is 5.16 Å². The lowest BCUT2D eigenvalue weighted by molar-refractivity contribution is 0.605. The summed E-state index contributed by atoms with van der Waals surface area (Å²) >= 11 is 0. The summed E-state index contributed by atoms with van der Waals surface area (Å²) in [6, 6.07) is 0. The molecule has 0 amide bonds. The van der Waals surface area contributed by atoms with Crippen molar-refractivity contribution in [1.82, 2.24) is 4.67 Å². The summed E-state index contributed by atoms with van der Waals surface area (Å²) in [7, 11) is -0.514. The maximum Gasteiger partial charge on any atom is 0.260 e. The van der Waals surface area contributed by atoms with Crippen LogP contribution in [0.1, 0.15) is 0 Å². The Morgan fingerprint density at radius 1 is 1.71 bits per heavy atom. The molecule has 5 heteroatoms. The predicted octanol–water partition coefficient (Wildman–Crippen LogP) is 1.00. The van der Waals surface area contributed by atoms with Gasteiger partial charge in [-0.15, -0.1) is 0 Å². The molecule has 0 aliphatic carbocycles. The van der Waals surface area contributed by atoms with Gasteiger partial charge in [-0.05, 0) is 14.1 Å². The van der Waals surface area contributed by atoms with E-state index in [-0.39, 0.29) is 0 Å². The van der Waals surface area contributed by atoms with E-state index in [1.54, 1.807) is 0 Å². The quantitative estimate of drug-likeness (QED) is 0.513. The lowest BCUT2D eigenvalue weighted by Crippen LogP contribution is -2.09.